The van der Waals surface area contributed by atoms with E-state index in [1.54, 1.807) is 18.5 Å². The van der Waals surface area contributed by atoms with Crippen molar-refractivity contribution in [1.82, 2.24) is 10.3 Å². The third-order valence-corrected chi connectivity index (χ3v) is 2.83. The highest BCUT2D eigenvalue weighted by Gasteiger charge is 1.97. The number of amides is 1. The first-order valence-electron chi connectivity index (χ1n) is 6.85. The molecule has 21 heavy (non-hydrogen) atoms. The zero-order valence-electron chi connectivity index (χ0n) is 12.0. The fourth-order valence-electron chi connectivity index (χ4n) is 1.76. The molecule has 1 aromatic carbocycles. The second-order valence-corrected chi connectivity index (χ2v) is 4.41. The fourth-order valence-corrected chi connectivity index (χ4v) is 1.76. The van der Waals surface area contributed by atoms with E-state index in [4.69, 9.17) is 4.74 Å². The summed E-state index contributed by atoms with van der Waals surface area (Å²) in [5, 5.41) is 2.82. The average Bonchev–Trinajstić information content (AvgIpc) is 2.53. The second-order valence-electron chi connectivity index (χ2n) is 4.41. The van der Waals surface area contributed by atoms with Crippen molar-refractivity contribution in [2.75, 3.05) is 6.61 Å². The molecule has 0 aliphatic heterocycles. The van der Waals surface area contributed by atoms with Crippen LogP contribution in [-0.4, -0.2) is 17.5 Å². The molecule has 0 saturated carbocycles. The van der Waals surface area contributed by atoms with Crippen LogP contribution in [0.2, 0.25) is 0 Å². The van der Waals surface area contributed by atoms with Crippen molar-refractivity contribution in [1.29, 1.82) is 0 Å². The number of hydrogen-bond acceptors (Lipinski definition) is 3. The highest BCUT2D eigenvalue weighted by Crippen LogP contribution is 2.12. The Morgan fingerprint density at radius 1 is 1.19 bits per heavy atom. The van der Waals surface area contributed by atoms with Gasteiger partial charge in [-0.05, 0) is 48.4 Å². The van der Waals surface area contributed by atoms with Gasteiger partial charge in [0.25, 0.3) is 0 Å². The van der Waals surface area contributed by atoms with Gasteiger partial charge in [-0.3, -0.25) is 9.78 Å². The number of carbonyl (C=O) groups is 1. The van der Waals surface area contributed by atoms with Crippen LogP contribution in [0.15, 0.2) is 54.9 Å². The molecule has 0 aliphatic rings. The van der Waals surface area contributed by atoms with Gasteiger partial charge in [0.05, 0.1) is 6.61 Å². The van der Waals surface area contributed by atoms with Crippen molar-refractivity contribution in [3.63, 3.8) is 0 Å². The quantitative estimate of drug-likeness (QED) is 0.829. The molecular weight excluding hydrogens is 264 g/mol. The summed E-state index contributed by atoms with van der Waals surface area (Å²) in [6.45, 7) is 3.09. The molecule has 2 aromatic rings. The molecule has 1 N–H and O–H groups in total. The lowest BCUT2D eigenvalue weighted by Gasteiger charge is -2.03. The Balaban J connectivity index is 1.84. The fraction of sp³-hybridized carbons (Fsp3) is 0.176. The van der Waals surface area contributed by atoms with Crippen LogP contribution in [0.1, 0.15) is 18.1 Å². The molecule has 0 aliphatic carbocycles. The van der Waals surface area contributed by atoms with E-state index in [0.717, 1.165) is 16.9 Å². The van der Waals surface area contributed by atoms with Crippen molar-refractivity contribution < 1.29 is 9.53 Å². The molecule has 0 atom stereocenters. The van der Waals surface area contributed by atoms with E-state index < -0.39 is 0 Å². The minimum atomic E-state index is -0.124. The van der Waals surface area contributed by atoms with Gasteiger partial charge in [0.15, 0.2) is 0 Å². The Labute approximate surface area is 124 Å². The van der Waals surface area contributed by atoms with Gasteiger partial charge in [0, 0.05) is 25.0 Å². The van der Waals surface area contributed by atoms with Crippen LogP contribution in [0.3, 0.4) is 0 Å². The number of nitrogens with zero attached hydrogens (tertiary/aromatic N) is 1. The third kappa shape index (κ3) is 5.10. The highest BCUT2D eigenvalue weighted by atomic mass is 16.5. The molecule has 2 rings (SSSR count). The van der Waals surface area contributed by atoms with Crippen LogP contribution in [0, 0.1) is 0 Å². The molecular formula is C17H18N2O2. The molecule has 108 valence electrons. The largest absolute Gasteiger partial charge is 0.494 e. The summed E-state index contributed by atoms with van der Waals surface area (Å²) >= 11 is 0. The Kier molecular flexibility index (Phi) is 5.52. The molecule has 0 radical (unpaired) electrons. The maximum Gasteiger partial charge on any atom is 0.244 e. The molecule has 1 aromatic heterocycles. The summed E-state index contributed by atoms with van der Waals surface area (Å²) in [4.78, 5) is 15.7. The summed E-state index contributed by atoms with van der Waals surface area (Å²) in [6.07, 6.45) is 6.71. The summed E-state index contributed by atoms with van der Waals surface area (Å²) in [6, 6.07) is 11.3. The summed E-state index contributed by atoms with van der Waals surface area (Å²) in [7, 11) is 0. The van der Waals surface area contributed by atoms with Crippen molar-refractivity contribution in [2.24, 2.45) is 0 Å². The van der Waals surface area contributed by atoms with E-state index in [2.05, 4.69) is 10.3 Å². The molecule has 0 fully saturated rings. The Hall–Kier alpha value is -2.62. The molecule has 0 spiro atoms. The predicted octanol–water partition coefficient (Wildman–Crippen LogP) is 2.81. The number of hydrogen-bond donors (Lipinski definition) is 1. The van der Waals surface area contributed by atoms with E-state index >= 15 is 0 Å². The first-order valence-corrected chi connectivity index (χ1v) is 6.85. The molecule has 1 amide bonds. The van der Waals surface area contributed by atoms with E-state index in [-0.39, 0.29) is 5.91 Å². The van der Waals surface area contributed by atoms with E-state index in [9.17, 15) is 4.79 Å². The first-order chi connectivity index (χ1) is 10.3. The summed E-state index contributed by atoms with van der Waals surface area (Å²) in [5.74, 6) is 0.706. The zero-order chi connectivity index (χ0) is 14.9. The predicted molar refractivity (Wildman–Crippen MR) is 82.7 cm³/mol. The van der Waals surface area contributed by atoms with Gasteiger partial charge < -0.3 is 10.1 Å². The van der Waals surface area contributed by atoms with E-state index in [1.165, 1.54) is 6.08 Å². The van der Waals surface area contributed by atoms with Gasteiger partial charge in [-0.25, -0.2) is 0 Å². The van der Waals surface area contributed by atoms with E-state index in [0.29, 0.717) is 13.2 Å². The minimum absolute atomic E-state index is 0.124. The Morgan fingerprint density at radius 2 is 1.90 bits per heavy atom. The number of ether oxygens (including phenoxy) is 1. The van der Waals surface area contributed by atoms with Crippen molar-refractivity contribution in [2.45, 2.75) is 13.5 Å². The van der Waals surface area contributed by atoms with Crippen LogP contribution >= 0.6 is 0 Å². The van der Waals surface area contributed by atoms with E-state index in [1.807, 2.05) is 43.3 Å². The maximum absolute atomic E-state index is 11.7. The molecule has 0 saturated heterocycles. The minimum Gasteiger partial charge on any atom is -0.494 e. The van der Waals surface area contributed by atoms with Gasteiger partial charge in [0.1, 0.15) is 5.75 Å². The lowest BCUT2D eigenvalue weighted by Crippen LogP contribution is -2.20. The van der Waals surface area contributed by atoms with Crippen molar-refractivity contribution in [3.8, 4) is 5.75 Å². The second kappa shape index (κ2) is 7.85. The van der Waals surface area contributed by atoms with Gasteiger partial charge in [-0.2, -0.15) is 0 Å². The number of aromatic nitrogens is 1. The van der Waals surface area contributed by atoms with Crippen molar-refractivity contribution in [3.05, 3.63) is 66.0 Å². The maximum atomic E-state index is 11.7. The SMILES string of the molecule is CCOc1ccc(/C=C/C(=O)NCc2ccncc2)cc1. The van der Waals surface area contributed by atoms with Crippen LogP contribution in [-0.2, 0) is 11.3 Å². The molecule has 1 heterocycles. The van der Waals surface area contributed by atoms with Gasteiger partial charge in [0.2, 0.25) is 5.91 Å². The summed E-state index contributed by atoms with van der Waals surface area (Å²) in [5.41, 5.74) is 1.98. The average molecular weight is 282 g/mol. The smallest absolute Gasteiger partial charge is 0.244 e. The number of pyridine rings is 1. The first kappa shape index (κ1) is 14.8. The standard InChI is InChI=1S/C17H18N2O2/c1-2-21-16-6-3-14(4-7-16)5-8-17(20)19-13-15-9-11-18-12-10-15/h3-12H,2,13H2,1H3,(H,19,20)/b8-5+. The normalized spacial score (nSPS) is 10.5. The summed E-state index contributed by atoms with van der Waals surface area (Å²) < 4.78 is 5.37. The number of rotatable bonds is 6. The van der Waals surface area contributed by atoms with Crippen LogP contribution in [0.4, 0.5) is 0 Å². The lowest BCUT2D eigenvalue weighted by atomic mass is 10.2. The van der Waals surface area contributed by atoms with Gasteiger partial charge in [-0.1, -0.05) is 12.1 Å². The number of benzene rings is 1. The molecule has 0 unspecified atom stereocenters. The molecule has 4 heteroatoms. The van der Waals surface area contributed by atoms with Crippen LogP contribution in [0.25, 0.3) is 6.08 Å². The van der Waals surface area contributed by atoms with Crippen LogP contribution < -0.4 is 10.1 Å². The molecule has 0 bridgehead atoms. The highest BCUT2D eigenvalue weighted by molar-refractivity contribution is 5.91. The van der Waals surface area contributed by atoms with Gasteiger partial charge in [-0.15, -0.1) is 0 Å². The van der Waals surface area contributed by atoms with Crippen LogP contribution in [0.5, 0.6) is 5.75 Å². The Morgan fingerprint density at radius 3 is 2.57 bits per heavy atom. The van der Waals surface area contributed by atoms with Crippen molar-refractivity contribution >= 4 is 12.0 Å². The Bertz CT molecular complexity index is 592. The lowest BCUT2D eigenvalue weighted by molar-refractivity contribution is -0.116. The molecule has 4 nitrogen and oxygen atoms in total. The zero-order valence-corrected chi connectivity index (χ0v) is 12.0. The monoisotopic (exact) mass is 282 g/mol. The third-order valence-electron chi connectivity index (χ3n) is 2.83. The topological polar surface area (TPSA) is 51.2 Å². The number of carbonyl (C=O) groups excluding carboxylic acids is 1. The number of nitrogens with one attached hydrogen (secondary N) is 1. The van der Waals surface area contributed by atoms with Gasteiger partial charge >= 0.3 is 0 Å².